The van der Waals surface area contributed by atoms with Gasteiger partial charge in [-0.2, -0.15) is 0 Å². The number of hydrogen-bond donors (Lipinski definition) is 0. The summed E-state index contributed by atoms with van der Waals surface area (Å²) in [7, 11) is 0. The fraction of sp³-hybridized carbons (Fsp3) is 0.133. The van der Waals surface area contributed by atoms with Gasteiger partial charge in [-0.25, -0.2) is 4.39 Å². The molecule has 19 heavy (non-hydrogen) atoms. The van der Waals surface area contributed by atoms with E-state index < -0.39 is 5.82 Å². The summed E-state index contributed by atoms with van der Waals surface area (Å²) in [6, 6.07) is 13.1. The van der Waals surface area contributed by atoms with Crippen molar-refractivity contribution in [1.82, 2.24) is 0 Å². The van der Waals surface area contributed by atoms with E-state index in [-0.39, 0.29) is 24.6 Å². The normalized spacial score (nSPS) is 10.4. The molecule has 0 unspecified atom stereocenters. The van der Waals surface area contributed by atoms with Gasteiger partial charge in [0.25, 0.3) is 0 Å². The Bertz CT molecular complexity index is 584. The lowest BCUT2D eigenvalue weighted by molar-refractivity contribution is 0.0723. The monoisotopic (exact) mass is 278 g/mol. The summed E-state index contributed by atoms with van der Waals surface area (Å²) in [5, 5.41) is 0.584. The molecule has 0 spiro atoms. The first-order chi connectivity index (χ1) is 9.18. The molecule has 0 N–H and O–H groups in total. The van der Waals surface area contributed by atoms with Gasteiger partial charge >= 0.3 is 0 Å². The third-order valence-electron chi connectivity index (χ3n) is 2.62. The number of halogens is 2. The van der Waals surface area contributed by atoms with Gasteiger partial charge in [-0.15, -0.1) is 0 Å². The maximum Gasteiger partial charge on any atom is 0.191 e. The zero-order valence-electron chi connectivity index (χ0n) is 10.1. The summed E-state index contributed by atoms with van der Waals surface area (Å²) < 4.78 is 18.6. The molecule has 0 aliphatic rings. The molecule has 0 atom stereocenters. The predicted octanol–water partition coefficient (Wildman–Crippen LogP) is 3.88. The minimum absolute atomic E-state index is 0.0432. The summed E-state index contributed by atoms with van der Waals surface area (Å²) in [5.74, 6) is -0.918. The highest BCUT2D eigenvalue weighted by Gasteiger charge is 2.11. The van der Waals surface area contributed by atoms with Crippen molar-refractivity contribution in [2.75, 3.05) is 6.61 Å². The topological polar surface area (TPSA) is 26.3 Å². The van der Waals surface area contributed by atoms with E-state index in [9.17, 15) is 9.18 Å². The molecule has 0 heterocycles. The van der Waals surface area contributed by atoms with Crippen molar-refractivity contribution in [2.24, 2.45) is 0 Å². The molecule has 0 amide bonds. The second-order valence-electron chi connectivity index (χ2n) is 3.99. The molecule has 0 bridgehead atoms. The van der Waals surface area contributed by atoms with Gasteiger partial charge in [0.15, 0.2) is 5.78 Å². The Hall–Kier alpha value is -1.71. The summed E-state index contributed by atoms with van der Waals surface area (Å²) >= 11 is 5.96. The van der Waals surface area contributed by atoms with Crippen LogP contribution in [0.15, 0.2) is 48.5 Å². The van der Waals surface area contributed by atoms with Gasteiger partial charge in [0.1, 0.15) is 12.4 Å². The van der Waals surface area contributed by atoms with E-state index in [0.717, 1.165) is 5.56 Å². The first kappa shape index (κ1) is 13.7. The molecule has 4 heteroatoms. The average molecular weight is 279 g/mol. The van der Waals surface area contributed by atoms with E-state index >= 15 is 0 Å². The van der Waals surface area contributed by atoms with Crippen LogP contribution < -0.4 is 0 Å². The van der Waals surface area contributed by atoms with Gasteiger partial charge in [0.05, 0.1) is 12.2 Å². The van der Waals surface area contributed by atoms with Crippen LogP contribution >= 0.6 is 11.6 Å². The fourth-order valence-electron chi connectivity index (χ4n) is 1.63. The van der Waals surface area contributed by atoms with Gasteiger partial charge in [-0.1, -0.05) is 41.9 Å². The lowest BCUT2D eigenvalue weighted by Crippen LogP contribution is -2.11. The van der Waals surface area contributed by atoms with Crippen LogP contribution in [0.25, 0.3) is 0 Å². The van der Waals surface area contributed by atoms with Crippen LogP contribution in [0.1, 0.15) is 15.9 Å². The second-order valence-corrected chi connectivity index (χ2v) is 4.39. The van der Waals surface area contributed by atoms with Crippen LogP contribution in [0.5, 0.6) is 0 Å². The van der Waals surface area contributed by atoms with Crippen LogP contribution in [0.4, 0.5) is 4.39 Å². The number of rotatable bonds is 5. The van der Waals surface area contributed by atoms with E-state index in [2.05, 4.69) is 0 Å². The van der Waals surface area contributed by atoms with Gasteiger partial charge in [-0.3, -0.25) is 4.79 Å². The highest BCUT2D eigenvalue weighted by Crippen LogP contribution is 2.16. The molecular weight excluding hydrogens is 267 g/mol. The van der Waals surface area contributed by atoms with Gasteiger partial charge in [-0.05, 0) is 23.8 Å². The maximum atomic E-state index is 13.4. The van der Waals surface area contributed by atoms with Crippen LogP contribution in [0, 0.1) is 5.82 Å². The Morgan fingerprint density at radius 3 is 2.53 bits per heavy atom. The molecule has 2 nitrogen and oxygen atoms in total. The SMILES string of the molecule is O=C(COCc1ccccc1Cl)c1ccccc1F. The fourth-order valence-corrected chi connectivity index (χ4v) is 1.82. The molecule has 0 saturated carbocycles. The molecule has 2 aromatic rings. The Balaban J connectivity index is 1.92. The van der Waals surface area contributed by atoms with Crippen LogP contribution in [-0.4, -0.2) is 12.4 Å². The maximum absolute atomic E-state index is 13.4. The standard InChI is InChI=1S/C15H12ClFO2/c16-13-7-3-1-5-11(13)9-19-10-15(18)12-6-2-4-8-14(12)17/h1-8H,9-10H2. The quantitative estimate of drug-likeness (QED) is 0.776. The van der Waals surface area contributed by atoms with Crippen molar-refractivity contribution in [3.63, 3.8) is 0 Å². The highest BCUT2D eigenvalue weighted by molar-refractivity contribution is 6.31. The molecule has 2 aromatic carbocycles. The summed E-state index contributed by atoms with van der Waals surface area (Å²) in [6.07, 6.45) is 0. The number of carbonyl (C=O) groups is 1. The van der Waals surface area contributed by atoms with E-state index in [1.807, 2.05) is 18.2 Å². The van der Waals surface area contributed by atoms with E-state index in [4.69, 9.17) is 16.3 Å². The summed E-state index contributed by atoms with van der Waals surface area (Å²) in [4.78, 5) is 11.7. The third-order valence-corrected chi connectivity index (χ3v) is 2.99. The van der Waals surface area contributed by atoms with Gasteiger partial charge in [0, 0.05) is 5.02 Å². The Morgan fingerprint density at radius 1 is 1.11 bits per heavy atom. The Morgan fingerprint density at radius 2 is 1.79 bits per heavy atom. The number of hydrogen-bond acceptors (Lipinski definition) is 2. The first-order valence-corrected chi connectivity index (χ1v) is 6.15. The van der Waals surface area contributed by atoms with Crippen molar-refractivity contribution in [1.29, 1.82) is 0 Å². The Labute approximate surface area is 115 Å². The second kappa shape index (κ2) is 6.45. The predicted molar refractivity (Wildman–Crippen MR) is 71.8 cm³/mol. The van der Waals surface area contributed by atoms with Gasteiger partial charge in [0.2, 0.25) is 0 Å². The molecule has 0 aliphatic carbocycles. The molecule has 0 radical (unpaired) electrons. The van der Waals surface area contributed by atoms with Crippen molar-refractivity contribution in [3.05, 3.63) is 70.5 Å². The van der Waals surface area contributed by atoms with Crippen LogP contribution in [0.3, 0.4) is 0 Å². The summed E-state index contributed by atoms with van der Waals surface area (Å²) in [6.45, 7) is 0.0476. The van der Waals surface area contributed by atoms with E-state index in [1.54, 1.807) is 12.1 Å². The van der Waals surface area contributed by atoms with Crippen molar-refractivity contribution >= 4 is 17.4 Å². The number of ketones is 1. The smallest absolute Gasteiger partial charge is 0.191 e. The minimum Gasteiger partial charge on any atom is -0.369 e. The number of ether oxygens (including phenoxy) is 1. The van der Waals surface area contributed by atoms with Crippen LogP contribution in [-0.2, 0) is 11.3 Å². The third kappa shape index (κ3) is 3.63. The largest absolute Gasteiger partial charge is 0.369 e. The lowest BCUT2D eigenvalue weighted by atomic mass is 10.1. The van der Waals surface area contributed by atoms with Gasteiger partial charge < -0.3 is 4.74 Å². The molecule has 0 saturated heterocycles. The molecule has 98 valence electrons. The molecule has 0 fully saturated rings. The zero-order chi connectivity index (χ0) is 13.7. The molecular formula is C15H12ClFO2. The number of Topliss-reactive ketones (excluding diaryl/α,β-unsaturated/α-hetero) is 1. The summed E-state index contributed by atoms with van der Waals surface area (Å²) in [5.41, 5.74) is 0.840. The van der Waals surface area contributed by atoms with Crippen molar-refractivity contribution < 1.29 is 13.9 Å². The number of benzene rings is 2. The highest BCUT2D eigenvalue weighted by atomic mass is 35.5. The minimum atomic E-state index is -0.533. The van der Waals surface area contributed by atoms with Crippen LogP contribution in [0.2, 0.25) is 5.02 Å². The van der Waals surface area contributed by atoms with E-state index in [1.165, 1.54) is 18.2 Å². The zero-order valence-corrected chi connectivity index (χ0v) is 10.9. The first-order valence-electron chi connectivity index (χ1n) is 5.77. The van der Waals surface area contributed by atoms with E-state index in [0.29, 0.717) is 5.02 Å². The lowest BCUT2D eigenvalue weighted by Gasteiger charge is -2.06. The molecule has 2 rings (SSSR count). The molecule has 0 aromatic heterocycles. The number of carbonyl (C=O) groups excluding carboxylic acids is 1. The average Bonchev–Trinajstić information content (AvgIpc) is 2.41. The Kier molecular flexibility index (Phi) is 4.66. The van der Waals surface area contributed by atoms with Crippen molar-refractivity contribution in [2.45, 2.75) is 6.61 Å². The van der Waals surface area contributed by atoms with Crippen molar-refractivity contribution in [3.8, 4) is 0 Å². The molecule has 0 aliphatic heterocycles.